The van der Waals surface area contributed by atoms with E-state index in [1.165, 1.54) is 6.07 Å². The zero-order valence-corrected chi connectivity index (χ0v) is 14.5. The third-order valence-electron chi connectivity index (χ3n) is 4.64. The molecule has 1 saturated heterocycles. The maximum atomic E-state index is 13.1. The highest BCUT2D eigenvalue weighted by molar-refractivity contribution is 5.78. The first-order valence-electron chi connectivity index (χ1n) is 8.48. The number of carbonyl (C=O) groups excluding carboxylic acids is 1. The molecule has 1 N–H and O–H groups in total. The van der Waals surface area contributed by atoms with E-state index in [2.05, 4.69) is 10.3 Å². The van der Waals surface area contributed by atoms with Crippen LogP contribution >= 0.6 is 0 Å². The number of rotatable bonds is 6. The van der Waals surface area contributed by atoms with Gasteiger partial charge in [-0.2, -0.15) is 13.2 Å². The first-order valence-corrected chi connectivity index (χ1v) is 8.48. The molecular formula is C18H21F3N4O. The van der Waals surface area contributed by atoms with E-state index in [9.17, 15) is 18.0 Å². The van der Waals surface area contributed by atoms with Crippen molar-refractivity contribution in [1.29, 1.82) is 0 Å². The van der Waals surface area contributed by atoms with Gasteiger partial charge in [-0.05, 0) is 24.1 Å². The Morgan fingerprint density at radius 3 is 2.77 bits per heavy atom. The molecule has 0 radical (unpaired) electrons. The molecule has 0 saturated carbocycles. The van der Waals surface area contributed by atoms with Gasteiger partial charge in [-0.1, -0.05) is 12.1 Å². The SMILES string of the molecule is Cn1cncc1CN[C@H](CN1CCCC1=O)c1cccc(C(F)(F)F)c1. The first-order chi connectivity index (χ1) is 12.3. The van der Waals surface area contributed by atoms with Gasteiger partial charge in [-0.25, -0.2) is 4.98 Å². The number of imidazole rings is 1. The van der Waals surface area contributed by atoms with Gasteiger partial charge in [-0.3, -0.25) is 4.79 Å². The van der Waals surface area contributed by atoms with Gasteiger partial charge in [0.15, 0.2) is 0 Å². The number of benzene rings is 1. The molecule has 2 heterocycles. The van der Waals surface area contributed by atoms with Gasteiger partial charge in [0.1, 0.15) is 0 Å². The molecule has 1 aliphatic rings. The number of amides is 1. The summed E-state index contributed by atoms with van der Waals surface area (Å²) in [6.07, 6.45) is 0.260. The monoisotopic (exact) mass is 366 g/mol. The Labute approximate surface area is 149 Å². The molecule has 0 aliphatic carbocycles. The van der Waals surface area contributed by atoms with Crippen molar-refractivity contribution in [1.82, 2.24) is 19.8 Å². The lowest BCUT2D eigenvalue weighted by molar-refractivity contribution is -0.137. The van der Waals surface area contributed by atoms with Gasteiger partial charge < -0.3 is 14.8 Å². The van der Waals surface area contributed by atoms with E-state index in [0.29, 0.717) is 31.6 Å². The lowest BCUT2D eigenvalue weighted by Gasteiger charge is -2.26. The van der Waals surface area contributed by atoms with Crippen molar-refractivity contribution in [2.75, 3.05) is 13.1 Å². The zero-order valence-electron chi connectivity index (χ0n) is 14.5. The van der Waals surface area contributed by atoms with Crippen molar-refractivity contribution < 1.29 is 18.0 Å². The average Bonchev–Trinajstić information content (AvgIpc) is 3.19. The minimum atomic E-state index is -4.40. The number of hydrogen-bond acceptors (Lipinski definition) is 3. The van der Waals surface area contributed by atoms with E-state index in [-0.39, 0.29) is 5.91 Å². The Kier molecular flexibility index (Phi) is 5.31. The molecule has 1 aromatic heterocycles. The fraction of sp³-hybridized carbons (Fsp3) is 0.444. The van der Waals surface area contributed by atoms with Crippen LogP contribution in [0, 0.1) is 0 Å². The summed E-state index contributed by atoms with van der Waals surface area (Å²) in [5, 5.41) is 3.28. The fourth-order valence-corrected chi connectivity index (χ4v) is 3.12. The van der Waals surface area contributed by atoms with Crippen molar-refractivity contribution in [3.05, 3.63) is 53.6 Å². The van der Waals surface area contributed by atoms with Gasteiger partial charge in [0.2, 0.25) is 5.91 Å². The number of nitrogens with zero attached hydrogens (tertiary/aromatic N) is 3. The third kappa shape index (κ3) is 4.24. The Bertz CT molecular complexity index is 772. The van der Waals surface area contributed by atoms with E-state index in [4.69, 9.17) is 0 Å². The first kappa shape index (κ1) is 18.4. The highest BCUT2D eigenvalue weighted by Crippen LogP contribution is 2.31. The molecule has 3 rings (SSSR count). The van der Waals surface area contributed by atoms with Gasteiger partial charge in [-0.15, -0.1) is 0 Å². The molecule has 0 unspecified atom stereocenters. The second-order valence-electron chi connectivity index (χ2n) is 6.50. The van der Waals surface area contributed by atoms with Crippen LogP contribution in [0.3, 0.4) is 0 Å². The Morgan fingerprint density at radius 2 is 2.15 bits per heavy atom. The lowest BCUT2D eigenvalue weighted by atomic mass is 10.0. The molecule has 26 heavy (non-hydrogen) atoms. The molecule has 5 nitrogen and oxygen atoms in total. The summed E-state index contributed by atoms with van der Waals surface area (Å²) < 4.78 is 41.0. The number of aromatic nitrogens is 2. The molecule has 140 valence electrons. The normalized spacial score (nSPS) is 16.3. The standard InChI is InChI=1S/C18H21F3N4O/c1-24-12-22-9-15(24)10-23-16(11-25-7-3-6-17(25)26)13-4-2-5-14(8-13)18(19,20)21/h2,4-5,8-9,12,16,23H,3,6-7,10-11H2,1H3/t16-/m1/s1. The van der Waals surface area contributed by atoms with Crippen LogP contribution in [0.25, 0.3) is 0 Å². The number of nitrogens with one attached hydrogen (secondary N) is 1. The minimum Gasteiger partial charge on any atom is -0.341 e. The van der Waals surface area contributed by atoms with Gasteiger partial charge >= 0.3 is 6.18 Å². The van der Waals surface area contributed by atoms with Crippen molar-refractivity contribution >= 4 is 5.91 Å². The third-order valence-corrected chi connectivity index (χ3v) is 4.64. The summed E-state index contributed by atoms with van der Waals surface area (Å²) in [6.45, 7) is 1.43. The van der Waals surface area contributed by atoms with Crippen LogP contribution in [-0.4, -0.2) is 33.4 Å². The van der Waals surface area contributed by atoms with Crippen molar-refractivity contribution in [3.8, 4) is 0 Å². The van der Waals surface area contributed by atoms with Crippen LogP contribution in [0.5, 0.6) is 0 Å². The summed E-state index contributed by atoms with van der Waals surface area (Å²) in [7, 11) is 1.85. The average molecular weight is 366 g/mol. The minimum absolute atomic E-state index is 0.0457. The van der Waals surface area contributed by atoms with Gasteiger partial charge in [0.25, 0.3) is 0 Å². The highest BCUT2D eigenvalue weighted by Gasteiger charge is 2.31. The summed E-state index contributed by atoms with van der Waals surface area (Å²) in [4.78, 5) is 17.7. The number of alkyl halides is 3. The van der Waals surface area contributed by atoms with Crippen LogP contribution in [0.4, 0.5) is 13.2 Å². The molecule has 1 aromatic carbocycles. The number of carbonyl (C=O) groups is 1. The largest absolute Gasteiger partial charge is 0.416 e. The molecule has 0 bridgehead atoms. The number of hydrogen-bond donors (Lipinski definition) is 1. The molecule has 1 aliphatic heterocycles. The molecule has 2 aromatic rings. The van der Waals surface area contributed by atoms with Crippen molar-refractivity contribution in [3.63, 3.8) is 0 Å². The number of halogens is 3. The Hall–Kier alpha value is -2.35. The second kappa shape index (κ2) is 7.49. The van der Waals surface area contributed by atoms with Gasteiger partial charge in [0, 0.05) is 39.3 Å². The second-order valence-corrected chi connectivity index (χ2v) is 6.50. The fourth-order valence-electron chi connectivity index (χ4n) is 3.12. The Balaban J connectivity index is 1.82. The van der Waals surface area contributed by atoms with E-state index in [1.54, 1.807) is 23.5 Å². The summed E-state index contributed by atoms with van der Waals surface area (Å²) >= 11 is 0. The summed E-state index contributed by atoms with van der Waals surface area (Å²) in [6, 6.07) is 4.89. The van der Waals surface area contributed by atoms with Crippen molar-refractivity contribution in [2.45, 2.75) is 31.6 Å². The molecule has 1 atom stereocenters. The van der Waals surface area contributed by atoms with Crippen molar-refractivity contribution in [2.24, 2.45) is 7.05 Å². The van der Waals surface area contributed by atoms with E-state index in [1.807, 2.05) is 11.6 Å². The highest BCUT2D eigenvalue weighted by atomic mass is 19.4. The van der Waals surface area contributed by atoms with Crippen LogP contribution in [0.2, 0.25) is 0 Å². The van der Waals surface area contributed by atoms with Crippen LogP contribution in [0.1, 0.15) is 35.7 Å². The van der Waals surface area contributed by atoms with Crippen LogP contribution in [-0.2, 0) is 24.6 Å². The molecular weight excluding hydrogens is 345 g/mol. The quantitative estimate of drug-likeness (QED) is 0.855. The van der Waals surface area contributed by atoms with Crippen LogP contribution in [0.15, 0.2) is 36.8 Å². The maximum absolute atomic E-state index is 13.1. The zero-order chi connectivity index (χ0) is 18.7. The topological polar surface area (TPSA) is 50.2 Å². The summed E-state index contributed by atoms with van der Waals surface area (Å²) in [5.41, 5.74) is 0.742. The number of likely N-dealkylation sites (tertiary alicyclic amines) is 1. The van der Waals surface area contributed by atoms with E-state index < -0.39 is 17.8 Å². The van der Waals surface area contributed by atoms with Gasteiger partial charge in [0.05, 0.1) is 23.6 Å². The molecule has 8 heteroatoms. The number of aryl methyl sites for hydroxylation is 1. The Morgan fingerprint density at radius 1 is 1.35 bits per heavy atom. The smallest absolute Gasteiger partial charge is 0.341 e. The summed E-state index contributed by atoms with van der Waals surface area (Å²) in [5.74, 6) is 0.0457. The molecule has 0 spiro atoms. The van der Waals surface area contributed by atoms with E-state index >= 15 is 0 Å². The van der Waals surface area contributed by atoms with Crippen LogP contribution < -0.4 is 5.32 Å². The molecule has 1 amide bonds. The maximum Gasteiger partial charge on any atom is 0.416 e. The predicted molar refractivity (Wildman–Crippen MR) is 90.0 cm³/mol. The van der Waals surface area contributed by atoms with E-state index in [0.717, 1.165) is 24.2 Å². The molecule has 1 fully saturated rings. The predicted octanol–water partition coefficient (Wildman–Crippen LogP) is 2.89. The lowest BCUT2D eigenvalue weighted by Crippen LogP contribution is -2.36.